The molecule has 5 heteroatoms. The summed E-state index contributed by atoms with van der Waals surface area (Å²) in [5, 5.41) is 20.2. The number of pyridine rings is 1. The minimum atomic E-state index is -1.02. The van der Waals surface area contributed by atoms with E-state index in [4.69, 9.17) is 10.2 Å². The highest BCUT2D eigenvalue weighted by atomic mass is 16.4. The van der Waals surface area contributed by atoms with Crippen molar-refractivity contribution < 1.29 is 15.0 Å². The summed E-state index contributed by atoms with van der Waals surface area (Å²) in [5.41, 5.74) is 0.800. The van der Waals surface area contributed by atoms with Gasteiger partial charge in [-0.1, -0.05) is 0 Å². The molecule has 1 rings (SSSR count). The van der Waals surface area contributed by atoms with Gasteiger partial charge in [0.15, 0.2) is 0 Å². The average Bonchev–Trinajstić information content (AvgIpc) is 2.14. The third-order valence-electron chi connectivity index (χ3n) is 1.78. The van der Waals surface area contributed by atoms with Crippen LogP contribution in [0.15, 0.2) is 12.3 Å². The average molecular weight is 196 g/mol. The van der Waals surface area contributed by atoms with Crippen molar-refractivity contribution in [3.63, 3.8) is 0 Å². The molecule has 0 spiro atoms. The van der Waals surface area contributed by atoms with Crippen LogP contribution in [0.2, 0.25) is 0 Å². The molecular weight excluding hydrogens is 184 g/mol. The molecule has 0 unspecified atom stereocenters. The van der Waals surface area contributed by atoms with E-state index in [0.717, 1.165) is 0 Å². The molecule has 0 aliphatic carbocycles. The quantitative estimate of drug-likeness (QED) is 0.653. The Labute approximate surface area is 81.4 Å². The van der Waals surface area contributed by atoms with Crippen LogP contribution >= 0.6 is 0 Å². The summed E-state index contributed by atoms with van der Waals surface area (Å²) >= 11 is 0. The topological polar surface area (TPSA) is 82.5 Å². The fourth-order valence-corrected chi connectivity index (χ4v) is 1.14. The summed E-state index contributed by atoms with van der Waals surface area (Å²) in [5.74, 6) is -0.720. The molecule has 0 atom stereocenters. The number of carboxylic acid groups (broad SMARTS) is 1. The van der Waals surface area contributed by atoms with Crippen LogP contribution in [-0.4, -0.2) is 34.3 Å². The number of carboxylic acids is 1. The number of aromatic nitrogens is 1. The minimum absolute atomic E-state index is 0.0608. The Balaban J connectivity index is 3.02. The van der Waals surface area contributed by atoms with E-state index in [-0.39, 0.29) is 18.7 Å². The van der Waals surface area contributed by atoms with Crippen molar-refractivity contribution in [2.24, 2.45) is 0 Å². The highest BCUT2D eigenvalue weighted by Gasteiger charge is 2.13. The van der Waals surface area contributed by atoms with Gasteiger partial charge in [-0.2, -0.15) is 0 Å². The van der Waals surface area contributed by atoms with Crippen LogP contribution in [0.5, 0.6) is 0 Å². The molecular formula is C9H12N2O3. The highest BCUT2D eigenvalue weighted by Crippen LogP contribution is 2.15. The maximum Gasteiger partial charge on any atom is 0.339 e. The maximum absolute atomic E-state index is 10.9. The second kappa shape index (κ2) is 4.57. The number of aliphatic hydroxyl groups excluding tert-OH is 1. The smallest absolute Gasteiger partial charge is 0.339 e. The second-order valence-electron chi connectivity index (χ2n) is 2.81. The summed E-state index contributed by atoms with van der Waals surface area (Å²) in [7, 11) is 0. The van der Waals surface area contributed by atoms with Gasteiger partial charge in [0.05, 0.1) is 6.61 Å². The molecule has 0 saturated heterocycles. The van der Waals surface area contributed by atoms with Gasteiger partial charge in [-0.15, -0.1) is 0 Å². The molecule has 1 heterocycles. The van der Waals surface area contributed by atoms with E-state index in [1.165, 1.54) is 6.20 Å². The molecule has 0 amide bonds. The molecule has 5 nitrogen and oxygen atoms in total. The van der Waals surface area contributed by atoms with Crippen molar-refractivity contribution in [1.82, 2.24) is 4.98 Å². The fraction of sp³-hybridized carbons (Fsp3) is 0.333. The number of aliphatic hydroxyl groups is 1. The van der Waals surface area contributed by atoms with Crippen LogP contribution in [0.4, 0.5) is 5.82 Å². The molecule has 3 N–H and O–H groups in total. The highest BCUT2D eigenvalue weighted by molar-refractivity contribution is 5.94. The first-order valence-electron chi connectivity index (χ1n) is 4.20. The summed E-state index contributed by atoms with van der Waals surface area (Å²) in [6.07, 6.45) is 1.53. The summed E-state index contributed by atoms with van der Waals surface area (Å²) in [4.78, 5) is 14.8. The Morgan fingerprint density at radius 2 is 2.36 bits per heavy atom. The third kappa shape index (κ3) is 2.20. The lowest BCUT2D eigenvalue weighted by molar-refractivity contribution is 0.0696. The van der Waals surface area contributed by atoms with Gasteiger partial charge in [-0.3, -0.25) is 0 Å². The van der Waals surface area contributed by atoms with Gasteiger partial charge in [0.25, 0.3) is 0 Å². The van der Waals surface area contributed by atoms with Crippen LogP contribution in [0.25, 0.3) is 0 Å². The number of carbonyl (C=O) groups is 1. The number of nitrogens with zero attached hydrogens (tertiary/aromatic N) is 1. The fourth-order valence-electron chi connectivity index (χ4n) is 1.14. The number of hydrogen-bond acceptors (Lipinski definition) is 4. The van der Waals surface area contributed by atoms with E-state index in [2.05, 4.69) is 10.3 Å². The Morgan fingerprint density at radius 3 is 2.93 bits per heavy atom. The Morgan fingerprint density at radius 1 is 1.64 bits per heavy atom. The predicted molar refractivity (Wildman–Crippen MR) is 51.5 cm³/mol. The van der Waals surface area contributed by atoms with E-state index in [1.54, 1.807) is 13.0 Å². The minimum Gasteiger partial charge on any atom is -0.478 e. The number of rotatable bonds is 4. The summed E-state index contributed by atoms with van der Waals surface area (Å²) in [6.45, 7) is 1.93. The van der Waals surface area contributed by atoms with E-state index in [9.17, 15) is 4.79 Å². The van der Waals surface area contributed by atoms with Crippen LogP contribution < -0.4 is 5.32 Å². The summed E-state index contributed by atoms with van der Waals surface area (Å²) < 4.78 is 0. The number of hydrogen-bond donors (Lipinski definition) is 3. The Bertz CT molecular complexity index is 339. The molecule has 0 fully saturated rings. The van der Waals surface area contributed by atoms with Crippen molar-refractivity contribution in [3.05, 3.63) is 23.4 Å². The van der Waals surface area contributed by atoms with Crippen molar-refractivity contribution >= 4 is 11.8 Å². The predicted octanol–water partition coefficient (Wildman–Crippen LogP) is 0.492. The van der Waals surface area contributed by atoms with E-state index >= 15 is 0 Å². The molecule has 0 aliphatic heterocycles. The largest absolute Gasteiger partial charge is 0.478 e. The van der Waals surface area contributed by atoms with Crippen LogP contribution in [0.3, 0.4) is 0 Å². The van der Waals surface area contributed by atoms with Gasteiger partial charge in [-0.05, 0) is 18.6 Å². The van der Waals surface area contributed by atoms with Gasteiger partial charge in [0, 0.05) is 12.7 Å². The molecule has 1 aromatic heterocycles. The van der Waals surface area contributed by atoms with E-state index in [1.807, 2.05) is 0 Å². The van der Waals surface area contributed by atoms with Gasteiger partial charge in [-0.25, -0.2) is 9.78 Å². The molecule has 0 bridgehead atoms. The first-order chi connectivity index (χ1) is 6.66. The molecule has 0 radical (unpaired) electrons. The monoisotopic (exact) mass is 196 g/mol. The van der Waals surface area contributed by atoms with E-state index < -0.39 is 5.97 Å². The lowest BCUT2D eigenvalue weighted by atomic mass is 10.1. The first kappa shape index (κ1) is 10.5. The van der Waals surface area contributed by atoms with E-state index in [0.29, 0.717) is 11.4 Å². The molecule has 0 saturated carbocycles. The lowest BCUT2D eigenvalue weighted by Gasteiger charge is -2.08. The zero-order valence-corrected chi connectivity index (χ0v) is 7.82. The maximum atomic E-state index is 10.9. The zero-order valence-electron chi connectivity index (χ0n) is 7.82. The van der Waals surface area contributed by atoms with Gasteiger partial charge in [0.2, 0.25) is 0 Å². The number of anilines is 1. The first-order valence-corrected chi connectivity index (χ1v) is 4.20. The zero-order chi connectivity index (χ0) is 10.6. The van der Waals surface area contributed by atoms with Crippen molar-refractivity contribution in [1.29, 1.82) is 0 Å². The second-order valence-corrected chi connectivity index (χ2v) is 2.81. The molecule has 0 aliphatic rings. The van der Waals surface area contributed by atoms with Crippen LogP contribution in [0, 0.1) is 6.92 Å². The summed E-state index contributed by atoms with van der Waals surface area (Å²) in [6, 6.07) is 1.63. The SMILES string of the molecule is Cc1ccnc(NCCO)c1C(=O)O. The Kier molecular flexibility index (Phi) is 3.41. The molecule has 1 aromatic rings. The lowest BCUT2D eigenvalue weighted by Crippen LogP contribution is -2.12. The standard InChI is InChI=1S/C9H12N2O3/c1-6-2-3-10-8(11-4-5-12)7(6)9(13)14/h2-3,12H,4-5H2,1H3,(H,10,11)(H,13,14). The molecule has 76 valence electrons. The Hall–Kier alpha value is -1.62. The number of nitrogens with one attached hydrogen (secondary N) is 1. The normalized spacial score (nSPS) is 9.86. The van der Waals surface area contributed by atoms with Crippen molar-refractivity contribution in [2.75, 3.05) is 18.5 Å². The van der Waals surface area contributed by atoms with Crippen molar-refractivity contribution in [3.8, 4) is 0 Å². The number of aryl methyl sites for hydroxylation is 1. The van der Waals surface area contributed by atoms with Crippen LogP contribution in [-0.2, 0) is 0 Å². The van der Waals surface area contributed by atoms with Crippen molar-refractivity contribution in [2.45, 2.75) is 6.92 Å². The van der Waals surface area contributed by atoms with Gasteiger partial charge in [0.1, 0.15) is 11.4 Å². The van der Waals surface area contributed by atoms with Gasteiger partial charge >= 0.3 is 5.97 Å². The van der Waals surface area contributed by atoms with Crippen LogP contribution in [0.1, 0.15) is 15.9 Å². The number of aromatic carboxylic acids is 1. The molecule has 14 heavy (non-hydrogen) atoms. The van der Waals surface area contributed by atoms with Gasteiger partial charge < -0.3 is 15.5 Å². The molecule has 0 aromatic carbocycles. The third-order valence-corrected chi connectivity index (χ3v) is 1.78.